The standard InChI is InChI=1S/C12H20N2O2S/c1-12(2,3)8-9-14-17(15,16)11-7-5-4-6-10(11)13/h4-7,14H,8-9,13H2,1-3H3. The largest absolute Gasteiger partial charge is 0.398 e. The monoisotopic (exact) mass is 256 g/mol. The fourth-order valence-corrected chi connectivity index (χ4v) is 2.53. The summed E-state index contributed by atoms with van der Waals surface area (Å²) in [7, 11) is -3.49. The SMILES string of the molecule is CC(C)(C)CCNS(=O)(=O)c1ccccc1N. The molecule has 5 heteroatoms. The van der Waals surface area contributed by atoms with Crippen molar-refractivity contribution < 1.29 is 8.42 Å². The minimum absolute atomic E-state index is 0.102. The minimum Gasteiger partial charge on any atom is -0.398 e. The number of rotatable bonds is 4. The van der Waals surface area contributed by atoms with Crippen LogP contribution in [-0.4, -0.2) is 15.0 Å². The number of para-hydroxylation sites is 1. The summed E-state index contributed by atoms with van der Waals surface area (Å²) in [5.41, 5.74) is 6.02. The van der Waals surface area contributed by atoms with Gasteiger partial charge >= 0.3 is 0 Å². The van der Waals surface area contributed by atoms with E-state index in [4.69, 9.17) is 5.73 Å². The van der Waals surface area contributed by atoms with Gasteiger partial charge in [-0.3, -0.25) is 0 Å². The Labute approximate surface area is 103 Å². The van der Waals surface area contributed by atoms with E-state index in [0.29, 0.717) is 6.54 Å². The third-order valence-electron chi connectivity index (χ3n) is 2.38. The summed E-state index contributed by atoms with van der Waals surface area (Å²) in [5.74, 6) is 0. The van der Waals surface area contributed by atoms with Crippen LogP contribution in [0.25, 0.3) is 0 Å². The van der Waals surface area contributed by atoms with E-state index in [9.17, 15) is 8.42 Å². The van der Waals surface area contributed by atoms with Crippen LogP contribution in [0, 0.1) is 5.41 Å². The fourth-order valence-electron chi connectivity index (χ4n) is 1.36. The molecule has 4 nitrogen and oxygen atoms in total. The Kier molecular flexibility index (Phi) is 4.16. The molecule has 0 amide bonds. The first kappa shape index (κ1) is 14.0. The van der Waals surface area contributed by atoms with Crippen LogP contribution in [0.3, 0.4) is 0 Å². The average molecular weight is 256 g/mol. The van der Waals surface area contributed by atoms with Gasteiger partial charge in [0.2, 0.25) is 10.0 Å². The van der Waals surface area contributed by atoms with Gasteiger partial charge in [-0.05, 0) is 24.0 Å². The highest BCUT2D eigenvalue weighted by molar-refractivity contribution is 7.89. The Morgan fingerprint density at radius 2 is 1.82 bits per heavy atom. The van der Waals surface area contributed by atoms with Gasteiger partial charge in [0.05, 0.1) is 5.69 Å². The van der Waals surface area contributed by atoms with Crippen molar-refractivity contribution >= 4 is 15.7 Å². The van der Waals surface area contributed by atoms with Gasteiger partial charge in [-0.25, -0.2) is 13.1 Å². The predicted octanol–water partition coefficient (Wildman–Crippen LogP) is 1.98. The minimum atomic E-state index is -3.49. The summed E-state index contributed by atoms with van der Waals surface area (Å²) in [4.78, 5) is 0.147. The zero-order valence-electron chi connectivity index (χ0n) is 10.5. The number of nitrogens with two attached hydrogens (primary N) is 1. The molecule has 0 saturated heterocycles. The predicted molar refractivity (Wildman–Crippen MR) is 70.1 cm³/mol. The van der Waals surface area contributed by atoms with Gasteiger partial charge in [0.25, 0.3) is 0 Å². The Morgan fingerprint density at radius 3 is 2.35 bits per heavy atom. The van der Waals surface area contributed by atoms with Crippen molar-refractivity contribution in [3.8, 4) is 0 Å². The molecule has 0 bridgehead atoms. The molecule has 0 atom stereocenters. The molecule has 3 N–H and O–H groups in total. The van der Waals surface area contributed by atoms with Gasteiger partial charge in [0.1, 0.15) is 4.90 Å². The van der Waals surface area contributed by atoms with Crippen molar-refractivity contribution in [2.45, 2.75) is 32.1 Å². The van der Waals surface area contributed by atoms with Gasteiger partial charge < -0.3 is 5.73 Å². The molecular formula is C12H20N2O2S. The van der Waals surface area contributed by atoms with Gasteiger partial charge in [0.15, 0.2) is 0 Å². The second kappa shape index (κ2) is 5.06. The molecule has 0 aliphatic heterocycles. The highest BCUT2D eigenvalue weighted by Crippen LogP contribution is 2.19. The molecule has 0 heterocycles. The fraction of sp³-hybridized carbons (Fsp3) is 0.500. The lowest BCUT2D eigenvalue weighted by atomic mass is 9.93. The molecule has 0 fully saturated rings. The molecule has 0 radical (unpaired) electrons. The van der Waals surface area contributed by atoms with Crippen molar-refractivity contribution in [2.75, 3.05) is 12.3 Å². The third-order valence-corrected chi connectivity index (χ3v) is 3.91. The van der Waals surface area contributed by atoms with E-state index in [1.165, 1.54) is 6.07 Å². The number of hydrogen-bond acceptors (Lipinski definition) is 3. The first-order valence-electron chi connectivity index (χ1n) is 5.56. The Balaban J connectivity index is 2.74. The van der Waals surface area contributed by atoms with Gasteiger partial charge in [-0.2, -0.15) is 0 Å². The van der Waals surface area contributed by atoms with Crippen molar-refractivity contribution in [3.05, 3.63) is 24.3 Å². The van der Waals surface area contributed by atoms with E-state index in [1.54, 1.807) is 18.2 Å². The lowest BCUT2D eigenvalue weighted by Gasteiger charge is -2.18. The molecule has 17 heavy (non-hydrogen) atoms. The number of nitrogen functional groups attached to an aromatic ring is 1. The van der Waals surface area contributed by atoms with E-state index >= 15 is 0 Å². The van der Waals surface area contributed by atoms with Gasteiger partial charge in [-0.1, -0.05) is 32.9 Å². The number of hydrogen-bond donors (Lipinski definition) is 2. The molecule has 0 unspecified atom stereocenters. The second-order valence-corrected chi connectivity index (χ2v) is 6.98. The molecule has 96 valence electrons. The summed E-state index contributed by atoms with van der Waals surface area (Å²) in [5, 5.41) is 0. The molecule has 0 spiro atoms. The zero-order chi connectivity index (χ0) is 13.1. The number of benzene rings is 1. The first-order valence-corrected chi connectivity index (χ1v) is 7.05. The van der Waals surface area contributed by atoms with E-state index in [1.807, 2.05) is 0 Å². The summed E-state index contributed by atoms with van der Waals surface area (Å²) in [6.07, 6.45) is 0.777. The zero-order valence-corrected chi connectivity index (χ0v) is 11.3. The quantitative estimate of drug-likeness (QED) is 0.809. The van der Waals surface area contributed by atoms with Crippen molar-refractivity contribution in [3.63, 3.8) is 0 Å². The Hall–Kier alpha value is -1.07. The molecule has 1 aromatic rings. The van der Waals surface area contributed by atoms with Gasteiger partial charge in [0, 0.05) is 6.54 Å². The normalized spacial score (nSPS) is 12.6. The summed E-state index contributed by atoms with van der Waals surface area (Å²) in [6.45, 7) is 6.62. The van der Waals surface area contributed by atoms with Crippen molar-refractivity contribution in [2.24, 2.45) is 5.41 Å². The second-order valence-electron chi connectivity index (χ2n) is 5.25. The molecule has 0 saturated carbocycles. The Morgan fingerprint density at radius 1 is 1.24 bits per heavy atom. The molecule has 1 rings (SSSR count). The maximum absolute atomic E-state index is 11.9. The molecule has 0 aromatic heterocycles. The molecular weight excluding hydrogens is 236 g/mol. The third kappa shape index (κ3) is 4.36. The highest BCUT2D eigenvalue weighted by atomic mass is 32.2. The van der Waals surface area contributed by atoms with E-state index < -0.39 is 10.0 Å². The summed E-state index contributed by atoms with van der Waals surface area (Å²) < 4.78 is 26.5. The van der Waals surface area contributed by atoms with E-state index in [-0.39, 0.29) is 16.0 Å². The van der Waals surface area contributed by atoms with Crippen LogP contribution >= 0.6 is 0 Å². The van der Waals surface area contributed by atoms with Crippen LogP contribution < -0.4 is 10.5 Å². The van der Waals surface area contributed by atoms with Crippen LogP contribution in [0.15, 0.2) is 29.2 Å². The maximum atomic E-state index is 11.9. The van der Waals surface area contributed by atoms with Crippen LogP contribution in [0.5, 0.6) is 0 Å². The molecule has 0 aliphatic carbocycles. The summed E-state index contributed by atoms with van der Waals surface area (Å²) >= 11 is 0. The smallest absolute Gasteiger partial charge is 0.242 e. The lowest BCUT2D eigenvalue weighted by Crippen LogP contribution is -2.28. The van der Waals surface area contributed by atoms with Crippen LogP contribution in [-0.2, 0) is 10.0 Å². The van der Waals surface area contributed by atoms with Crippen molar-refractivity contribution in [1.82, 2.24) is 4.72 Å². The molecule has 1 aromatic carbocycles. The van der Waals surface area contributed by atoms with Crippen LogP contribution in [0.4, 0.5) is 5.69 Å². The Bertz CT molecular complexity index is 476. The van der Waals surface area contributed by atoms with Crippen molar-refractivity contribution in [1.29, 1.82) is 0 Å². The van der Waals surface area contributed by atoms with Crippen LogP contribution in [0.2, 0.25) is 0 Å². The summed E-state index contributed by atoms with van der Waals surface area (Å²) in [6, 6.07) is 6.46. The maximum Gasteiger partial charge on any atom is 0.242 e. The number of sulfonamides is 1. The van der Waals surface area contributed by atoms with Crippen LogP contribution in [0.1, 0.15) is 27.2 Å². The number of nitrogens with one attached hydrogen (secondary N) is 1. The number of anilines is 1. The molecule has 0 aliphatic rings. The lowest BCUT2D eigenvalue weighted by molar-refractivity contribution is 0.378. The highest BCUT2D eigenvalue weighted by Gasteiger charge is 2.17. The average Bonchev–Trinajstić information content (AvgIpc) is 2.15. The van der Waals surface area contributed by atoms with E-state index in [2.05, 4.69) is 25.5 Å². The van der Waals surface area contributed by atoms with Gasteiger partial charge in [-0.15, -0.1) is 0 Å². The topological polar surface area (TPSA) is 72.2 Å². The van der Waals surface area contributed by atoms with E-state index in [0.717, 1.165) is 6.42 Å². The first-order chi connectivity index (χ1) is 7.72.